The predicted octanol–water partition coefficient (Wildman–Crippen LogP) is 2.63. The fourth-order valence-corrected chi connectivity index (χ4v) is 3.31. The Hall–Kier alpha value is -1.47. The zero-order valence-corrected chi connectivity index (χ0v) is 13.1. The van der Waals surface area contributed by atoms with Gasteiger partial charge in [0.15, 0.2) is 0 Å². The van der Waals surface area contributed by atoms with E-state index in [1.54, 1.807) is 6.92 Å². The number of rotatable bonds is 7. The van der Waals surface area contributed by atoms with Gasteiger partial charge in [-0.1, -0.05) is 20.3 Å². The van der Waals surface area contributed by atoms with Crippen LogP contribution in [0.4, 0.5) is 4.39 Å². The summed E-state index contributed by atoms with van der Waals surface area (Å²) in [6.07, 6.45) is 1.57. The second-order valence-corrected chi connectivity index (χ2v) is 6.90. The van der Waals surface area contributed by atoms with Gasteiger partial charge in [-0.2, -0.15) is 0 Å². The quantitative estimate of drug-likeness (QED) is 0.810. The van der Waals surface area contributed by atoms with E-state index in [9.17, 15) is 17.6 Å². The largest absolute Gasteiger partial charge is 0.478 e. The molecule has 0 aromatic heterocycles. The van der Waals surface area contributed by atoms with Gasteiger partial charge >= 0.3 is 5.97 Å². The molecule has 0 amide bonds. The summed E-state index contributed by atoms with van der Waals surface area (Å²) in [4.78, 5) is 10.2. The van der Waals surface area contributed by atoms with Crippen LogP contribution in [0.5, 0.6) is 0 Å². The second-order valence-electron chi connectivity index (χ2n) is 5.22. The maximum Gasteiger partial charge on any atom is 0.335 e. The molecule has 5 nitrogen and oxygen atoms in total. The van der Waals surface area contributed by atoms with Crippen molar-refractivity contribution in [2.24, 2.45) is 5.92 Å². The fraction of sp³-hybridized carbons (Fsp3) is 0.500. The Kier molecular flexibility index (Phi) is 5.86. The van der Waals surface area contributed by atoms with Crippen LogP contribution in [-0.4, -0.2) is 25.5 Å². The van der Waals surface area contributed by atoms with Crippen LogP contribution < -0.4 is 4.72 Å². The zero-order valence-electron chi connectivity index (χ0n) is 12.3. The number of carbonyl (C=O) groups is 1. The van der Waals surface area contributed by atoms with Crippen molar-refractivity contribution in [2.75, 3.05) is 0 Å². The van der Waals surface area contributed by atoms with E-state index < -0.39 is 26.7 Å². The Morgan fingerprint density at radius 1 is 1.38 bits per heavy atom. The van der Waals surface area contributed by atoms with Gasteiger partial charge in [-0.3, -0.25) is 0 Å². The van der Waals surface area contributed by atoms with Crippen LogP contribution in [0.25, 0.3) is 0 Å². The third kappa shape index (κ3) is 4.78. The van der Waals surface area contributed by atoms with E-state index in [2.05, 4.69) is 4.72 Å². The molecule has 1 rings (SSSR count). The highest BCUT2D eigenvalue weighted by molar-refractivity contribution is 7.89. The summed E-state index contributed by atoms with van der Waals surface area (Å²) in [5.41, 5.74) is -0.292. The molecule has 2 N–H and O–H groups in total. The number of aromatic carboxylic acids is 1. The van der Waals surface area contributed by atoms with E-state index in [0.717, 1.165) is 18.6 Å². The van der Waals surface area contributed by atoms with Crippen molar-refractivity contribution in [2.45, 2.75) is 44.6 Å². The Bertz CT molecular complexity index is 615. The van der Waals surface area contributed by atoms with Gasteiger partial charge < -0.3 is 5.11 Å². The standard InChI is InChI=1S/C14H20FNO4S/c1-4-9(2)7-10(3)16-21(19,20)13-6-5-11(14(17)18)8-12(13)15/h5-6,8-10,16H,4,7H2,1-3H3,(H,17,18). The minimum Gasteiger partial charge on any atom is -0.478 e. The maximum atomic E-state index is 13.8. The number of sulfonamides is 1. The van der Waals surface area contributed by atoms with Crippen LogP contribution in [0, 0.1) is 11.7 Å². The SMILES string of the molecule is CCC(C)CC(C)NS(=O)(=O)c1ccc(C(=O)O)cc1F. The van der Waals surface area contributed by atoms with Gasteiger partial charge in [-0.25, -0.2) is 22.3 Å². The van der Waals surface area contributed by atoms with Crippen LogP contribution in [0.15, 0.2) is 23.1 Å². The Morgan fingerprint density at radius 2 is 2.00 bits per heavy atom. The van der Waals surface area contributed by atoms with Crippen LogP contribution in [0.2, 0.25) is 0 Å². The van der Waals surface area contributed by atoms with Crippen LogP contribution >= 0.6 is 0 Å². The van der Waals surface area contributed by atoms with E-state index in [4.69, 9.17) is 5.11 Å². The first-order valence-corrected chi connectivity index (χ1v) is 8.20. The molecule has 1 aromatic rings. The van der Waals surface area contributed by atoms with Crippen LogP contribution in [0.1, 0.15) is 44.0 Å². The van der Waals surface area contributed by atoms with E-state index in [0.29, 0.717) is 18.4 Å². The van der Waals surface area contributed by atoms with E-state index in [-0.39, 0.29) is 11.6 Å². The minimum atomic E-state index is -4.00. The summed E-state index contributed by atoms with van der Waals surface area (Å²) in [5.74, 6) is -2.03. The minimum absolute atomic E-state index is 0.292. The van der Waals surface area contributed by atoms with Crippen molar-refractivity contribution in [3.8, 4) is 0 Å². The van der Waals surface area contributed by atoms with Crippen LogP contribution in [-0.2, 0) is 10.0 Å². The first-order chi connectivity index (χ1) is 9.67. The van der Waals surface area contributed by atoms with Gasteiger partial charge in [0.05, 0.1) is 5.56 Å². The Morgan fingerprint density at radius 3 is 2.48 bits per heavy atom. The molecule has 0 saturated heterocycles. The molecule has 2 unspecified atom stereocenters. The second kappa shape index (κ2) is 7.00. The van der Waals surface area contributed by atoms with Gasteiger partial charge in [0.25, 0.3) is 0 Å². The smallest absolute Gasteiger partial charge is 0.335 e. The molecule has 0 fully saturated rings. The summed E-state index contributed by atoms with van der Waals surface area (Å²) in [7, 11) is -4.00. The third-order valence-corrected chi connectivity index (χ3v) is 4.90. The molecule has 0 aliphatic rings. The fourth-order valence-electron chi connectivity index (χ4n) is 2.00. The lowest BCUT2D eigenvalue weighted by molar-refractivity contribution is 0.0696. The van der Waals surface area contributed by atoms with Crippen molar-refractivity contribution >= 4 is 16.0 Å². The molecule has 0 aliphatic heterocycles. The summed E-state index contributed by atoms with van der Waals surface area (Å²) in [5, 5.41) is 8.74. The van der Waals surface area contributed by atoms with Gasteiger partial charge in [0.1, 0.15) is 10.7 Å². The highest BCUT2D eigenvalue weighted by atomic mass is 32.2. The lowest BCUT2D eigenvalue weighted by Crippen LogP contribution is -2.34. The molecule has 0 saturated carbocycles. The molecule has 0 bridgehead atoms. The highest BCUT2D eigenvalue weighted by Gasteiger charge is 2.23. The number of hydrogen-bond acceptors (Lipinski definition) is 3. The topological polar surface area (TPSA) is 83.5 Å². The zero-order chi connectivity index (χ0) is 16.2. The van der Waals surface area contributed by atoms with Crippen molar-refractivity contribution in [1.82, 2.24) is 4.72 Å². The molecule has 1 aromatic carbocycles. The Labute approximate surface area is 124 Å². The maximum absolute atomic E-state index is 13.8. The monoisotopic (exact) mass is 317 g/mol. The first-order valence-electron chi connectivity index (χ1n) is 6.72. The van der Waals surface area contributed by atoms with E-state index in [1.165, 1.54) is 0 Å². The number of carboxylic acids is 1. The summed E-state index contributed by atoms with van der Waals surface area (Å²) in [6, 6.07) is 2.41. The lowest BCUT2D eigenvalue weighted by Gasteiger charge is -2.17. The van der Waals surface area contributed by atoms with Gasteiger partial charge in [-0.15, -0.1) is 0 Å². The molecule has 0 heterocycles. The molecule has 21 heavy (non-hydrogen) atoms. The molecular weight excluding hydrogens is 297 g/mol. The summed E-state index contributed by atoms with van der Waals surface area (Å²) >= 11 is 0. The van der Waals surface area contributed by atoms with Crippen molar-refractivity contribution < 1.29 is 22.7 Å². The first kappa shape index (κ1) is 17.6. The van der Waals surface area contributed by atoms with Gasteiger partial charge in [0, 0.05) is 6.04 Å². The molecule has 0 aliphatic carbocycles. The molecule has 118 valence electrons. The number of benzene rings is 1. The highest BCUT2D eigenvalue weighted by Crippen LogP contribution is 2.18. The van der Waals surface area contributed by atoms with Crippen LogP contribution in [0.3, 0.4) is 0 Å². The average molecular weight is 317 g/mol. The average Bonchev–Trinajstić information content (AvgIpc) is 2.36. The molecule has 7 heteroatoms. The van der Waals surface area contributed by atoms with Crippen molar-refractivity contribution in [3.05, 3.63) is 29.6 Å². The molecular formula is C14H20FNO4S. The molecule has 2 atom stereocenters. The molecule has 0 spiro atoms. The molecule has 0 radical (unpaired) electrons. The van der Waals surface area contributed by atoms with Gasteiger partial charge in [0.2, 0.25) is 10.0 Å². The number of nitrogens with one attached hydrogen (secondary N) is 1. The summed E-state index contributed by atoms with van der Waals surface area (Å²) < 4.78 is 40.4. The number of hydrogen-bond donors (Lipinski definition) is 2. The van der Waals surface area contributed by atoms with E-state index >= 15 is 0 Å². The lowest BCUT2D eigenvalue weighted by atomic mass is 10.0. The van der Waals surface area contributed by atoms with Crippen molar-refractivity contribution in [3.63, 3.8) is 0 Å². The summed E-state index contributed by atoms with van der Waals surface area (Å²) in [6.45, 7) is 5.73. The number of halogens is 1. The third-order valence-electron chi connectivity index (χ3n) is 3.28. The van der Waals surface area contributed by atoms with E-state index in [1.807, 2.05) is 13.8 Å². The van der Waals surface area contributed by atoms with Gasteiger partial charge in [-0.05, 0) is 37.5 Å². The Balaban J connectivity index is 2.95. The number of carboxylic acid groups (broad SMARTS) is 1. The van der Waals surface area contributed by atoms with Crippen molar-refractivity contribution in [1.29, 1.82) is 0 Å². The predicted molar refractivity (Wildman–Crippen MR) is 77.2 cm³/mol. The normalized spacial score (nSPS) is 14.7.